The molecule has 2 heterocycles. The number of fused-ring (bicyclic) bond motifs is 3. The summed E-state index contributed by atoms with van der Waals surface area (Å²) in [5, 5.41) is 1.83. The van der Waals surface area contributed by atoms with Crippen molar-refractivity contribution in [2.75, 3.05) is 7.11 Å². The molecule has 0 aliphatic rings. The predicted molar refractivity (Wildman–Crippen MR) is 97.0 cm³/mol. The Morgan fingerprint density at radius 1 is 1.04 bits per heavy atom. The van der Waals surface area contributed by atoms with Crippen LogP contribution in [0.15, 0.2) is 60.9 Å². The molecule has 128 valence electrons. The summed E-state index contributed by atoms with van der Waals surface area (Å²) < 4.78 is 10.6. The number of benzene rings is 2. The van der Waals surface area contributed by atoms with Crippen LogP contribution in [-0.4, -0.2) is 28.0 Å². The molecule has 0 aliphatic carbocycles. The highest BCUT2D eigenvalue weighted by molar-refractivity contribution is 6.04. The van der Waals surface area contributed by atoms with Gasteiger partial charge in [-0.05, 0) is 17.7 Å². The van der Waals surface area contributed by atoms with E-state index in [1.807, 2.05) is 42.5 Å². The van der Waals surface area contributed by atoms with Crippen molar-refractivity contribution < 1.29 is 14.3 Å². The molecule has 0 radical (unpaired) electrons. The number of carbonyl (C=O) groups excluding carboxylic acids is 1. The molecule has 0 aliphatic heterocycles. The Labute approximate surface area is 149 Å². The minimum Gasteiger partial charge on any atom is -0.471 e. The van der Waals surface area contributed by atoms with Gasteiger partial charge < -0.3 is 9.47 Å². The Hall–Kier alpha value is -3.54. The quantitative estimate of drug-likeness (QED) is 0.416. The van der Waals surface area contributed by atoms with Gasteiger partial charge >= 0.3 is 5.97 Å². The predicted octanol–water partition coefficient (Wildman–Crippen LogP) is 3.54. The van der Waals surface area contributed by atoms with E-state index in [4.69, 9.17) is 9.47 Å². The van der Waals surface area contributed by atoms with E-state index in [1.54, 1.807) is 18.5 Å². The maximum Gasteiger partial charge on any atom is 0.362 e. The fourth-order valence-electron chi connectivity index (χ4n) is 2.73. The highest BCUT2D eigenvalue weighted by Crippen LogP contribution is 2.26. The molecule has 0 N–H and O–H groups in total. The molecule has 4 rings (SSSR count). The monoisotopic (exact) mass is 345 g/mol. The lowest BCUT2D eigenvalue weighted by Gasteiger charge is -2.11. The first-order chi connectivity index (χ1) is 12.8. The van der Waals surface area contributed by atoms with Gasteiger partial charge in [-0.1, -0.05) is 36.4 Å². The van der Waals surface area contributed by atoms with E-state index in [-0.39, 0.29) is 18.2 Å². The zero-order valence-electron chi connectivity index (χ0n) is 14.0. The van der Waals surface area contributed by atoms with E-state index in [0.29, 0.717) is 11.0 Å². The van der Waals surface area contributed by atoms with Crippen LogP contribution in [0.4, 0.5) is 0 Å². The van der Waals surface area contributed by atoms with Crippen LogP contribution in [0.5, 0.6) is 5.88 Å². The number of carbonyl (C=O) groups is 1. The van der Waals surface area contributed by atoms with E-state index in [0.717, 1.165) is 16.3 Å². The lowest BCUT2D eigenvalue weighted by Crippen LogP contribution is -2.10. The van der Waals surface area contributed by atoms with Crippen molar-refractivity contribution in [1.82, 2.24) is 15.0 Å². The molecule has 6 heteroatoms. The van der Waals surface area contributed by atoms with E-state index in [9.17, 15) is 4.79 Å². The van der Waals surface area contributed by atoms with Gasteiger partial charge in [-0.3, -0.25) is 4.98 Å². The number of ether oxygens (including phenoxy) is 2. The average Bonchev–Trinajstić information content (AvgIpc) is 2.71. The molecule has 0 saturated heterocycles. The number of rotatable bonds is 4. The molecule has 0 unspecified atom stereocenters. The largest absolute Gasteiger partial charge is 0.471 e. The van der Waals surface area contributed by atoms with Crippen molar-refractivity contribution in [2.45, 2.75) is 6.61 Å². The Morgan fingerprint density at radius 2 is 1.88 bits per heavy atom. The van der Waals surface area contributed by atoms with Crippen molar-refractivity contribution >= 4 is 27.8 Å². The third-order valence-electron chi connectivity index (χ3n) is 4.02. The van der Waals surface area contributed by atoms with E-state index >= 15 is 0 Å². The number of pyridine rings is 1. The van der Waals surface area contributed by atoms with E-state index < -0.39 is 5.97 Å². The Balaban J connectivity index is 1.84. The second-order valence-electron chi connectivity index (χ2n) is 5.67. The van der Waals surface area contributed by atoms with Crippen molar-refractivity contribution in [3.8, 4) is 5.88 Å². The summed E-state index contributed by atoms with van der Waals surface area (Å²) in [5.74, 6) is -0.435. The van der Waals surface area contributed by atoms with Crippen LogP contribution in [0.25, 0.3) is 21.8 Å². The lowest BCUT2D eigenvalue weighted by molar-refractivity contribution is 0.0587. The molecule has 0 bridgehead atoms. The third-order valence-corrected chi connectivity index (χ3v) is 4.02. The molecule has 4 aromatic rings. The molecule has 2 aromatic heterocycles. The van der Waals surface area contributed by atoms with Gasteiger partial charge in [0.1, 0.15) is 12.1 Å². The molecule has 2 aromatic carbocycles. The Morgan fingerprint density at radius 3 is 2.69 bits per heavy atom. The van der Waals surface area contributed by atoms with Crippen LogP contribution in [0, 0.1) is 0 Å². The first-order valence-electron chi connectivity index (χ1n) is 8.06. The Bertz CT molecular complexity index is 1100. The van der Waals surface area contributed by atoms with Crippen LogP contribution in [0.2, 0.25) is 0 Å². The standard InChI is InChI=1S/C20H15N3O3/c1-25-20(24)18-19(26-12-13-5-3-2-4-6-13)23-17-15-9-10-21-11-14(15)7-8-16(17)22-18/h2-11H,12H2,1H3. The molecular formula is C20H15N3O3. The van der Waals surface area contributed by atoms with Crippen LogP contribution in [0.3, 0.4) is 0 Å². The zero-order valence-corrected chi connectivity index (χ0v) is 14.0. The maximum atomic E-state index is 12.1. The van der Waals surface area contributed by atoms with Crippen molar-refractivity contribution in [2.24, 2.45) is 0 Å². The Kier molecular flexibility index (Phi) is 4.15. The first-order valence-corrected chi connectivity index (χ1v) is 8.06. The first kappa shape index (κ1) is 16.0. The highest BCUT2D eigenvalue weighted by Gasteiger charge is 2.19. The topological polar surface area (TPSA) is 74.2 Å². The highest BCUT2D eigenvalue weighted by atomic mass is 16.5. The molecule has 0 spiro atoms. The van der Waals surface area contributed by atoms with Crippen LogP contribution >= 0.6 is 0 Å². The summed E-state index contributed by atoms with van der Waals surface area (Å²) in [6, 6.07) is 15.2. The third kappa shape index (κ3) is 2.93. The molecule has 0 saturated carbocycles. The SMILES string of the molecule is COC(=O)c1nc2ccc3cnccc3c2nc1OCc1ccccc1. The number of hydrogen-bond donors (Lipinski definition) is 0. The number of esters is 1. The molecule has 0 fully saturated rings. The van der Waals surface area contributed by atoms with Gasteiger partial charge in [0.25, 0.3) is 0 Å². The number of hydrogen-bond acceptors (Lipinski definition) is 6. The molecule has 6 nitrogen and oxygen atoms in total. The lowest BCUT2D eigenvalue weighted by atomic mass is 10.1. The van der Waals surface area contributed by atoms with Gasteiger partial charge in [0.2, 0.25) is 11.6 Å². The summed E-state index contributed by atoms with van der Waals surface area (Å²) in [5.41, 5.74) is 2.27. The van der Waals surface area contributed by atoms with Gasteiger partial charge in [0, 0.05) is 23.2 Å². The second-order valence-corrected chi connectivity index (χ2v) is 5.67. The van der Waals surface area contributed by atoms with Gasteiger partial charge in [-0.15, -0.1) is 0 Å². The van der Waals surface area contributed by atoms with Gasteiger partial charge in [-0.2, -0.15) is 0 Å². The van der Waals surface area contributed by atoms with Gasteiger partial charge in [0.15, 0.2) is 0 Å². The molecular weight excluding hydrogens is 330 g/mol. The van der Waals surface area contributed by atoms with Crippen molar-refractivity contribution in [3.05, 3.63) is 72.2 Å². The average molecular weight is 345 g/mol. The van der Waals surface area contributed by atoms with Crippen molar-refractivity contribution in [3.63, 3.8) is 0 Å². The smallest absolute Gasteiger partial charge is 0.362 e. The fraction of sp³-hybridized carbons (Fsp3) is 0.100. The van der Waals surface area contributed by atoms with E-state index in [1.165, 1.54) is 7.11 Å². The van der Waals surface area contributed by atoms with E-state index in [2.05, 4.69) is 15.0 Å². The molecule has 26 heavy (non-hydrogen) atoms. The second kappa shape index (κ2) is 6.76. The minimum absolute atomic E-state index is 0.0596. The number of nitrogens with zero attached hydrogens (tertiary/aromatic N) is 3. The summed E-state index contributed by atoms with van der Waals surface area (Å²) in [6.45, 7) is 0.275. The van der Waals surface area contributed by atoms with Crippen LogP contribution in [0.1, 0.15) is 16.1 Å². The number of methoxy groups -OCH3 is 1. The van der Waals surface area contributed by atoms with Gasteiger partial charge in [0.05, 0.1) is 12.6 Å². The maximum absolute atomic E-state index is 12.1. The van der Waals surface area contributed by atoms with Crippen molar-refractivity contribution in [1.29, 1.82) is 0 Å². The zero-order chi connectivity index (χ0) is 17.9. The fourth-order valence-corrected chi connectivity index (χ4v) is 2.73. The van der Waals surface area contributed by atoms with Crippen LogP contribution in [-0.2, 0) is 11.3 Å². The summed E-state index contributed by atoms with van der Waals surface area (Å²) in [4.78, 5) is 25.3. The summed E-state index contributed by atoms with van der Waals surface area (Å²) in [6.07, 6.45) is 3.46. The van der Waals surface area contributed by atoms with Crippen LogP contribution < -0.4 is 4.74 Å². The molecule has 0 atom stereocenters. The molecule has 0 amide bonds. The summed E-state index contributed by atoms with van der Waals surface area (Å²) in [7, 11) is 1.31. The minimum atomic E-state index is -0.586. The number of aromatic nitrogens is 3. The normalized spacial score (nSPS) is 10.8. The summed E-state index contributed by atoms with van der Waals surface area (Å²) >= 11 is 0. The van der Waals surface area contributed by atoms with Gasteiger partial charge in [-0.25, -0.2) is 14.8 Å².